The number of nitrogens with one attached hydrogen (secondary N) is 3. The summed E-state index contributed by atoms with van der Waals surface area (Å²) < 4.78 is 0. The molecule has 0 radical (unpaired) electrons. The number of hydrogen-bond acceptors (Lipinski definition) is 8. The van der Waals surface area contributed by atoms with Gasteiger partial charge in [0.2, 0.25) is 23.6 Å². The molecule has 0 saturated carbocycles. The van der Waals surface area contributed by atoms with E-state index in [1.165, 1.54) is 6.92 Å². The second-order valence-electron chi connectivity index (χ2n) is 7.43. The number of aliphatic hydroxyl groups excluding tert-OH is 2. The molecule has 0 heterocycles. The van der Waals surface area contributed by atoms with Gasteiger partial charge in [-0.15, -0.1) is 0 Å². The second-order valence-corrected chi connectivity index (χ2v) is 7.43. The Balaban J connectivity index is 5.49. The first-order chi connectivity index (χ1) is 14.2. The zero-order valence-corrected chi connectivity index (χ0v) is 18.0. The molecule has 7 atom stereocenters. The molecule has 0 aromatic carbocycles. The number of carbonyl (C=O) groups excluding carboxylic acids is 4. The van der Waals surface area contributed by atoms with E-state index in [0.29, 0.717) is 6.42 Å². The molecule has 0 rings (SSSR count). The normalized spacial score (nSPS) is 17.8. The molecule has 0 aromatic rings. The number of nitrogens with two attached hydrogens (primary N) is 2. The van der Waals surface area contributed by atoms with Crippen molar-refractivity contribution < 1.29 is 39.3 Å². The summed E-state index contributed by atoms with van der Waals surface area (Å²) in [4.78, 5) is 59.8. The lowest BCUT2D eigenvalue weighted by Gasteiger charge is -2.27. The first kappa shape index (κ1) is 28.2. The minimum Gasteiger partial charge on any atom is -0.480 e. The molecule has 4 amide bonds. The van der Waals surface area contributed by atoms with Gasteiger partial charge in [0.05, 0.1) is 24.7 Å². The van der Waals surface area contributed by atoms with Gasteiger partial charge in [0.25, 0.3) is 0 Å². The van der Waals surface area contributed by atoms with E-state index in [-0.39, 0.29) is 5.92 Å². The number of primary amides is 1. The third-order valence-electron chi connectivity index (χ3n) is 4.71. The highest BCUT2D eigenvalue weighted by atomic mass is 16.4. The molecule has 0 aromatic heterocycles. The van der Waals surface area contributed by atoms with Crippen LogP contribution in [0.15, 0.2) is 0 Å². The molecule has 0 aliphatic carbocycles. The zero-order chi connectivity index (χ0) is 24.5. The van der Waals surface area contributed by atoms with Gasteiger partial charge in [-0.1, -0.05) is 20.3 Å². The SMILES string of the molecule is CCC(C)C(N)C(=O)NC(C(=O)NC(CC(N)=O)C(=O)NC(C(=O)O)C(C)O)C(C)O. The van der Waals surface area contributed by atoms with E-state index in [1.54, 1.807) is 6.92 Å². The fourth-order valence-electron chi connectivity index (χ4n) is 2.48. The molecule has 31 heavy (non-hydrogen) atoms. The maximum atomic E-state index is 12.6. The Hall–Kier alpha value is -2.77. The van der Waals surface area contributed by atoms with Crippen LogP contribution < -0.4 is 27.4 Å². The topological polar surface area (TPSA) is 234 Å². The molecule has 0 fully saturated rings. The van der Waals surface area contributed by atoms with Crippen LogP contribution >= 0.6 is 0 Å². The molecule has 13 heteroatoms. The van der Waals surface area contributed by atoms with Crippen molar-refractivity contribution in [3.8, 4) is 0 Å². The van der Waals surface area contributed by atoms with Gasteiger partial charge in [0.15, 0.2) is 6.04 Å². The van der Waals surface area contributed by atoms with E-state index in [9.17, 15) is 34.2 Å². The van der Waals surface area contributed by atoms with Crippen LogP contribution in [0.5, 0.6) is 0 Å². The standard InChI is InChI=1S/C18H33N5O8/c1-5-7(2)12(20)16(28)22-13(8(3)24)17(29)21-10(6-11(19)26)15(27)23-14(9(4)25)18(30)31/h7-10,12-14,24-25H,5-6,20H2,1-4H3,(H2,19,26)(H,21,29)(H,22,28)(H,23,27)(H,30,31). The molecule has 0 aliphatic rings. The van der Waals surface area contributed by atoms with E-state index in [1.807, 2.05) is 12.2 Å². The largest absolute Gasteiger partial charge is 0.480 e. The maximum Gasteiger partial charge on any atom is 0.328 e. The summed E-state index contributed by atoms with van der Waals surface area (Å²) >= 11 is 0. The summed E-state index contributed by atoms with van der Waals surface area (Å²) in [7, 11) is 0. The summed E-state index contributed by atoms with van der Waals surface area (Å²) in [6.45, 7) is 5.90. The molecule has 10 N–H and O–H groups in total. The van der Waals surface area contributed by atoms with Crippen molar-refractivity contribution in [3.05, 3.63) is 0 Å². The third kappa shape index (κ3) is 9.27. The van der Waals surface area contributed by atoms with Gasteiger partial charge < -0.3 is 42.7 Å². The summed E-state index contributed by atoms with van der Waals surface area (Å²) in [6, 6.07) is -5.79. The number of carboxylic acids is 1. The Morgan fingerprint density at radius 2 is 1.32 bits per heavy atom. The average Bonchev–Trinajstić information content (AvgIpc) is 2.66. The molecule has 0 saturated heterocycles. The third-order valence-corrected chi connectivity index (χ3v) is 4.71. The summed E-state index contributed by atoms with van der Waals surface area (Å²) in [5.41, 5.74) is 10.9. The van der Waals surface area contributed by atoms with Gasteiger partial charge in [0, 0.05) is 0 Å². The predicted octanol–water partition coefficient (Wildman–Crippen LogP) is -3.46. The highest BCUT2D eigenvalue weighted by molar-refractivity contribution is 5.96. The van der Waals surface area contributed by atoms with Crippen LogP contribution in [0, 0.1) is 5.92 Å². The van der Waals surface area contributed by atoms with Crippen molar-refractivity contribution in [2.75, 3.05) is 0 Å². The summed E-state index contributed by atoms with van der Waals surface area (Å²) in [5.74, 6) is -5.57. The van der Waals surface area contributed by atoms with Crippen LogP contribution in [0.25, 0.3) is 0 Å². The van der Waals surface area contributed by atoms with E-state index < -0.39 is 72.4 Å². The molecule has 0 spiro atoms. The van der Waals surface area contributed by atoms with E-state index >= 15 is 0 Å². The monoisotopic (exact) mass is 447 g/mol. The Labute approximate surface area is 179 Å². The van der Waals surface area contributed by atoms with E-state index in [0.717, 1.165) is 6.92 Å². The number of carboxylic acid groups (broad SMARTS) is 1. The van der Waals surface area contributed by atoms with Crippen molar-refractivity contribution in [1.82, 2.24) is 16.0 Å². The lowest BCUT2D eigenvalue weighted by molar-refractivity contribution is -0.145. The quantitative estimate of drug-likeness (QED) is 0.140. The molecule has 0 aliphatic heterocycles. The van der Waals surface area contributed by atoms with Crippen molar-refractivity contribution in [1.29, 1.82) is 0 Å². The number of carbonyl (C=O) groups is 5. The zero-order valence-electron chi connectivity index (χ0n) is 18.0. The number of hydrogen-bond donors (Lipinski definition) is 8. The maximum absolute atomic E-state index is 12.6. The number of rotatable bonds is 13. The minimum atomic E-state index is -1.71. The average molecular weight is 447 g/mol. The molecule has 0 bridgehead atoms. The van der Waals surface area contributed by atoms with Crippen molar-refractivity contribution >= 4 is 29.6 Å². The summed E-state index contributed by atoms with van der Waals surface area (Å²) in [5, 5.41) is 34.9. The highest BCUT2D eigenvalue weighted by Gasteiger charge is 2.34. The Morgan fingerprint density at radius 3 is 1.71 bits per heavy atom. The van der Waals surface area contributed by atoms with Crippen molar-refractivity contribution in [2.45, 2.75) is 76.9 Å². The fourth-order valence-corrected chi connectivity index (χ4v) is 2.48. The van der Waals surface area contributed by atoms with Crippen molar-refractivity contribution in [2.24, 2.45) is 17.4 Å². The van der Waals surface area contributed by atoms with Gasteiger partial charge in [-0.05, 0) is 19.8 Å². The van der Waals surface area contributed by atoms with Crippen LogP contribution in [0.2, 0.25) is 0 Å². The van der Waals surface area contributed by atoms with Crippen LogP contribution in [0.4, 0.5) is 0 Å². The predicted molar refractivity (Wildman–Crippen MR) is 108 cm³/mol. The van der Waals surface area contributed by atoms with Crippen molar-refractivity contribution in [3.63, 3.8) is 0 Å². The number of amides is 4. The lowest BCUT2D eigenvalue weighted by atomic mass is 9.98. The Morgan fingerprint density at radius 1 is 0.839 bits per heavy atom. The number of aliphatic carboxylic acids is 1. The smallest absolute Gasteiger partial charge is 0.328 e. The first-order valence-corrected chi connectivity index (χ1v) is 9.76. The minimum absolute atomic E-state index is 0.209. The molecular formula is C18H33N5O8. The van der Waals surface area contributed by atoms with Crippen LogP contribution in [0.1, 0.15) is 40.5 Å². The molecule has 7 unspecified atom stereocenters. The molecule has 13 nitrogen and oxygen atoms in total. The van der Waals surface area contributed by atoms with Gasteiger partial charge >= 0.3 is 5.97 Å². The fraction of sp³-hybridized carbons (Fsp3) is 0.722. The van der Waals surface area contributed by atoms with E-state index in [4.69, 9.17) is 16.6 Å². The second kappa shape index (κ2) is 12.8. The Bertz CT molecular complexity index is 669. The van der Waals surface area contributed by atoms with Gasteiger partial charge in [-0.2, -0.15) is 0 Å². The van der Waals surface area contributed by atoms with Crippen LogP contribution in [-0.4, -0.2) is 81.3 Å². The van der Waals surface area contributed by atoms with Crippen LogP contribution in [-0.2, 0) is 24.0 Å². The number of aliphatic hydroxyl groups is 2. The van der Waals surface area contributed by atoms with E-state index in [2.05, 4.69) is 10.6 Å². The highest BCUT2D eigenvalue weighted by Crippen LogP contribution is 2.07. The molecule has 178 valence electrons. The summed E-state index contributed by atoms with van der Waals surface area (Å²) in [6.07, 6.45) is -2.97. The van der Waals surface area contributed by atoms with Gasteiger partial charge in [-0.25, -0.2) is 4.79 Å². The lowest BCUT2D eigenvalue weighted by Crippen LogP contribution is -2.61. The molecular weight excluding hydrogens is 414 g/mol. The van der Waals surface area contributed by atoms with Gasteiger partial charge in [0.1, 0.15) is 12.1 Å². The Kier molecular flexibility index (Phi) is 11.7. The first-order valence-electron chi connectivity index (χ1n) is 9.76. The van der Waals surface area contributed by atoms with Crippen LogP contribution in [0.3, 0.4) is 0 Å². The van der Waals surface area contributed by atoms with Gasteiger partial charge in [-0.3, -0.25) is 19.2 Å².